The van der Waals surface area contributed by atoms with E-state index >= 15 is 0 Å². The molecule has 1 aromatic rings. The van der Waals surface area contributed by atoms with Crippen molar-refractivity contribution in [2.24, 2.45) is 4.99 Å². The first-order valence-corrected chi connectivity index (χ1v) is 9.72. The smallest absolute Gasteiger partial charge is 0.325 e. The number of nitrogens with zero attached hydrogens (tertiary/aromatic N) is 2. The van der Waals surface area contributed by atoms with Crippen LogP contribution in [0.5, 0.6) is 0 Å². The van der Waals surface area contributed by atoms with Gasteiger partial charge in [-0.2, -0.15) is 0 Å². The Morgan fingerprint density at radius 1 is 1.28 bits per heavy atom. The molecule has 2 rings (SSSR count). The fourth-order valence-corrected chi connectivity index (χ4v) is 2.88. The maximum Gasteiger partial charge on any atom is 0.325 e. The first-order chi connectivity index (χ1) is 13.3. The fraction of sp³-hybridized carbons (Fsp3) is 0.550. The highest BCUT2D eigenvalue weighted by atomic mass is 127. The van der Waals surface area contributed by atoms with Crippen molar-refractivity contribution in [1.82, 2.24) is 20.9 Å². The van der Waals surface area contributed by atoms with Gasteiger partial charge >= 0.3 is 6.03 Å². The molecule has 7 nitrogen and oxygen atoms in total. The lowest BCUT2D eigenvalue weighted by Crippen LogP contribution is -2.43. The van der Waals surface area contributed by atoms with E-state index < -0.39 is 5.54 Å². The van der Waals surface area contributed by atoms with Gasteiger partial charge in [0.2, 0.25) is 0 Å². The van der Waals surface area contributed by atoms with Crippen LogP contribution in [0.2, 0.25) is 0 Å². The van der Waals surface area contributed by atoms with Gasteiger partial charge in [-0.25, -0.2) is 14.2 Å². The number of carbonyl (C=O) groups is 2. The third kappa shape index (κ3) is 6.55. The molecule has 29 heavy (non-hydrogen) atoms. The second-order valence-corrected chi connectivity index (χ2v) is 7.13. The summed E-state index contributed by atoms with van der Waals surface area (Å²) in [6.07, 6.45) is 1.16. The number of imide groups is 1. The zero-order chi connectivity index (χ0) is 20.7. The molecule has 1 heterocycles. The highest BCUT2D eigenvalue weighted by Crippen LogP contribution is 2.20. The molecule has 3 N–H and O–H groups in total. The minimum Gasteiger partial charge on any atom is -0.357 e. The summed E-state index contributed by atoms with van der Waals surface area (Å²) in [5.41, 5.74) is 0.598. The third-order valence-corrected chi connectivity index (χ3v) is 4.90. The van der Waals surface area contributed by atoms with Gasteiger partial charge in [-0.15, -0.1) is 24.0 Å². The van der Waals surface area contributed by atoms with Crippen LogP contribution in [0.1, 0.15) is 44.7 Å². The van der Waals surface area contributed by atoms with Gasteiger partial charge in [-0.3, -0.25) is 9.69 Å². The third-order valence-electron chi connectivity index (χ3n) is 4.90. The zero-order valence-corrected chi connectivity index (χ0v) is 19.8. The maximum atomic E-state index is 13.6. The van der Waals surface area contributed by atoms with E-state index in [-0.39, 0.29) is 41.7 Å². The summed E-state index contributed by atoms with van der Waals surface area (Å²) >= 11 is 0. The predicted octanol–water partition coefficient (Wildman–Crippen LogP) is 2.92. The minimum atomic E-state index is -0.801. The van der Waals surface area contributed by atoms with Gasteiger partial charge < -0.3 is 16.0 Å². The molecule has 0 spiro atoms. The largest absolute Gasteiger partial charge is 0.357 e. The number of rotatable bonds is 8. The Morgan fingerprint density at radius 3 is 2.59 bits per heavy atom. The number of benzene rings is 1. The molecular formula is C20H31FIN5O2. The normalized spacial score (nSPS) is 19.1. The van der Waals surface area contributed by atoms with Crippen molar-refractivity contribution in [2.75, 3.05) is 19.6 Å². The topological polar surface area (TPSA) is 85.8 Å². The van der Waals surface area contributed by atoms with Gasteiger partial charge in [0, 0.05) is 19.6 Å². The lowest BCUT2D eigenvalue weighted by Gasteiger charge is -2.19. The maximum absolute atomic E-state index is 13.6. The van der Waals surface area contributed by atoms with Crippen molar-refractivity contribution in [3.63, 3.8) is 0 Å². The lowest BCUT2D eigenvalue weighted by atomic mass is 9.99. The molecule has 1 fully saturated rings. The van der Waals surface area contributed by atoms with Crippen LogP contribution >= 0.6 is 24.0 Å². The number of nitrogens with one attached hydrogen (secondary N) is 3. The van der Waals surface area contributed by atoms with Crippen LogP contribution in [0.15, 0.2) is 23.2 Å². The highest BCUT2D eigenvalue weighted by molar-refractivity contribution is 14.0. The Morgan fingerprint density at radius 2 is 2.00 bits per heavy atom. The molecule has 0 bridgehead atoms. The number of hydrogen-bond acceptors (Lipinski definition) is 3. The van der Waals surface area contributed by atoms with Crippen molar-refractivity contribution in [3.8, 4) is 0 Å². The zero-order valence-electron chi connectivity index (χ0n) is 17.5. The molecule has 1 saturated heterocycles. The van der Waals surface area contributed by atoms with E-state index in [0.29, 0.717) is 50.5 Å². The molecule has 0 saturated carbocycles. The van der Waals surface area contributed by atoms with Crippen molar-refractivity contribution in [2.45, 2.75) is 52.6 Å². The summed E-state index contributed by atoms with van der Waals surface area (Å²) in [6.45, 7) is 9.25. The van der Waals surface area contributed by atoms with E-state index in [4.69, 9.17) is 0 Å². The lowest BCUT2D eigenvalue weighted by molar-refractivity contribution is -0.130. The Kier molecular flexibility index (Phi) is 9.81. The molecule has 0 aliphatic carbocycles. The average molecular weight is 519 g/mol. The predicted molar refractivity (Wildman–Crippen MR) is 123 cm³/mol. The van der Waals surface area contributed by atoms with Crippen LogP contribution in [0.3, 0.4) is 0 Å². The Bertz CT molecular complexity index is 758. The number of amides is 3. The van der Waals surface area contributed by atoms with Crippen LogP contribution in [0.4, 0.5) is 9.18 Å². The number of guanidine groups is 1. The van der Waals surface area contributed by atoms with Crippen molar-refractivity contribution in [1.29, 1.82) is 0 Å². The van der Waals surface area contributed by atoms with Crippen molar-refractivity contribution >= 4 is 41.9 Å². The number of halogens is 2. The SMILES string of the molecule is CCNC(=NCc1ccc(C)c(F)c1)NCCCN1C(=O)NC(C)(CC)C1=O.I. The second kappa shape index (κ2) is 11.3. The van der Waals surface area contributed by atoms with E-state index in [0.717, 1.165) is 5.56 Å². The monoisotopic (exact) mass is 519 g/mol. The van der Waals surface area contributed by atoms with Gasteiger partial charge in [0.05, 0.1) is 6.54 Å². The quantitative estimate of drug-likeness (QED) is 0.162. The van der Waals surface area contributed by atoms with E-state index in [1.165, 1.54) is 11.0 Å². The second-order valence-electron chi connectivity index (χ2n) is 7.13. The van der Waals surface area contributed by atoms with Gasteiger partial charge in [-0.05, 0) is 50.8 Å². The summed E-state index contributed by atoms with van der Waals surface area (Å²) in [7, 11) is 0. The molecule has 1 aliphatic heterocycles. The average Bonchev–Trinajstić information content (AvgIpc) is 2.89. The molecule has 1 unspecified atom stereocenters. The summed E-state index contributed by atoms with van der Waals surface area (Å²) < 4.78 is 13.6. The van der Waals surface area contributed by atoms with Crippen molar-refractivity contribution < 1.29 is 14.0 Å². The molecule has 162 valence electrons. The highest BCUT2D eigenvalue weighted by Gasteiger charge is 2.45. The minimum absolute atomic E-state index is 0. The van der Waals surface area contributed by atoms with Crippen LogP contribution in [-0.4, -0.2) is 48.0 Å². The first kappa shape index (κ1) is 25.1. The van der Waals surface area contributed by atoms with Crippen LogP contribution in [0.25, 0.3) is 0 Å². The molecule has 9 heteroatoms. The Labute approximate surface area is 188 Å². The molecule has 0 radical (unpaired) electrons. The van der Waals surface area contributed by atoms with E-state index in [1.54, 1.807) is 19.9 Å². The molecule has 0 aromatic heterocycles. The molecule has 1 atom stereocenters. The number of aryl methyl sites for hydroxylation is 1. The summed E-state index contributed by atoms with van der Waals surface area (Å²) in [6, 6.07) is 4.75. The molecule has 3 amide bonds. The fourth-order valence-electron chi connectivity index (χ4n) is 2.88. The molecule has 1 aromatic carbocycles. The summed E-state index contributed by atoms with van der Waals surface area (Å²) in [5.74, 6) is 0.194. The van der Waals surface area contributed by atoms with E-state index in [9.17, 15) is 14.0 Å². The van der Waals surface area contributed by atoms with Crippen LogP contribution < -0.4 is 16.0 Å². The van der Waals surface area contributed by atoms with E-state index in [2.05, 4.69) is 20.9 Å². The Balaban J connectivity index is 0.00000420. The number of aliphatic imine (C=N–C) groups is 1. The molecule has 1 aliphatic rings. The number of urea groups is 1. The number of carbonyl (C=O) groups excluding carboxylic acids is 2. The van der Waals surface area contributed by atoms with Crippen molar-refractivity contribution in [3.05, 3.63) is 35.1 Å². The molecular weight excluding hydrogens is 488 g/mol. The van der Waals surface area contributed by atoms with Gasteiger partial charge in [0.25, 0.3) is 5.91 Å². The van der Waals surface area contributed by atoms with Crippen LogP contribution in [0, 0.1) is 12.7 Å². The van der Waals surface area contributed by atoms with Gasteiger partial charge in [-0.1, -0.05) is 19.1 Å². The van der Waals surface area contributed by atoms with E-state index in [1.807, 2.05) is 19.9 Å². The number of hydrogen-bond donors (Lipinski definition) is 3. The Hall–Kier alpha value is -1.91. The van der Waals surface area contributed by atoms with Gasteiger partial charge in [0.15, 0.2) is 5.96 Å². The summed E-state index contributed by atoms with van der Waals surface area (Å²) in [4.78, 5) is 30.1. The van der Waals surface area contributed by atoms with Gasteiger partial charge in [0.1, 0.15) is 11.4 Å². The summed E-state index contributed by atoms with van der Waals surface area (Å²) in [5, 5.41) is 9.06. The first-order valence-electron chi connectivity index (χ1n) is 9.72. The standard InChI is InChI=1S/C20H30FN5O2.HI/c1-5-20(4)17(27)26(19(28)25-20)11-7-10-23-18(22-6-2)24-13-15-9-8-14(3)16(21)12-15;/h8-9,12H,5-7,10-11,13H2,1-4H3,(H,25,28)(H2,22,23,24);1H. The van der Waals surface area contributed by atoms with Crippen LogP contribution in [-0.2, 0) is 11.3 Å².